The van der Waals surface area contributed by atoms with E-state index in [-0.39, 0.29) is 19.8 Å². The Labute approximate surface area is 365 Å². The van der Waals surface area contributed by atoms with Crippen LogP contribution in [0.25, 0.3) is 0 Å². The van der Waals surface area contributed by atoms with Gasteiger partial charge in [0.15, 0.2) is 0 Å². The van der Waals surface area contributed by atoms with Crippen LogP contribution < -0.4 is 0 Å². The molecule has 0 spiro atoms. The SMILES string of the molecule is CCI.CCOC.CN1CCN(Cc2ccccc2)CC1.CN1CCN(Cc2ccccc2)CC1.CO.[CH3-].[CH3-].[I][V]([I])[I].[I][V][I]. The summed E-state index contributed by atoms with van der Waals surface area (Å²) in [6, 6.07) is 21.4. The molecule has 2 fully saturated rings. The van der Waals surface area contributed by atoms with E-state index in [2.05, 4.69) is 229 Å². The van der Waals surface area contributed by atoms with Gasteiger partial charge in [0.25, 0.3) is 0 Å². The fourth-order valence-electron chi connectivity index (χ4n) is 3.70. The summed E-state index contributed by atoms with van der Waals surface area (Å²) in [6.07, 6.45) is 0. The van der Waals surface area contributed by atoms with Crippen LogP contribution in [0.2, 0.25) is 0 Å². The number of hydrogen-bond donors (Lipinski definition) is 1. The fraction of sp³-hybridized carbons (Fsp3) is 0.562. The average Bonchev–Trinajstić information content (AvgIpc) is 3.03. The van der Waals surface area contributed by atoms with Crippen molar-refractivity contribution in [3.8, 4) is 0 Å². The predicted molar refractivity (Wildman–Crippen MR) is 252 cm³/mol. The number of hydrogen-bond acceptors (Lipinski definition) is 6. The Morgan fingerprint density at radius 3 is 1.09 bits per heavy atom. The second-order valence-corrected chi connectivity index (χ2v) is 57.9. The molecule has 2 heterocycles. The van der Waals surface area contributed by atoms with E-state index in [1.54, 1.807) is 7.11 Å². The van der Waals surface area contributed by atoms with Gasteiger partial charge in [0.1, 0.15) is 0 Å². The van der Waals surface area contributed by atoms with Gasteiger partial charge in [-0.2, -0.15) is 0 Å². The van der Waals surface area contributed by atoms with Crippen LogP contribution >= 0.6 is 122 Å². The molecule has 273 valence electrons. The Hall–Kier alpha value is 3.75. The van der Waals surface area contributed by atoms with Crippen LogP contribution in [0.5, 0.6) is 0 Å². The zero-order valence-electron chi connectivity index (χ0n) is 29.1. The number of alkyl halides is 1. The number of rotatable bonds is 5. The second-order valence-electron chi connectivity index (χ2n) is 9.23. The third-order valence-corrected chi connectivity index (χ3v) is 5.98. The van der Waals surface area contributed by atoms with Crippen LogP contribution in [0.3, 0.4) is 0 Å². The Balaban J connectivity index is -0.000000163. The van der Waals surface area contributed by atoms with E-state index in [0.29, 0.717) is 9.47 Å². The van der Waals surface area contributed by atoms with Crippen LogP contribution in [-0.2, 0) is 32.2 Å². The van der Waals surface area contributed by atoms with Crippen LogP contribution in [0.15, 0.2) is 60.7 Å². The van der Waals surface area contributed by atoms with E-state index >= 15 is 0 Å². The minimum absolute atomic E-state index is 0. The normalized spacial score (nSPS) is 14.3. The molecule has 0 bridgehead atoms. The maximum atomic E-state index is 7.00. The standard InChI is InChI=1S/2C12H18N2.C3H8O.C2H5I.CH4O.2CH3.5HI.2V/c2*1-13-7-9-14(10-8-13)11-12-5-3-2-4-6-12;1-3-4-2;1-2-3;1-2;;;;;;;;;/h2*2-6H,7-11H2,1H3;3H2,1-2H3;2H2,1H3;2H,1H3;2*1H3;5*1H;;/q;;;;;2*-1;;;;;;+2;+3/p-5. The van der Waals surface area contributed by atoms with Gasteiger partial charge in [0.05, 0.1) is 0 Å². The molecule has 6 nitrogen and oxygen atoms in total. The van der Waals surface area contributed by atoms with Crippen molar-refractivity contribution in [2.45, 2.75) is 26.9 Å². The molecule has 14 heteroatoms. The summed E-state index contributed by atoms with van der Waals surface area (Å²) in [5, 5.41) is 7.00. The van der Waals surface area contributed by atoms with Gasteiger partial charge < -0.3 is 34.5 Å². The summed E-state index contributed by atoms with van der Waals surface area (Å²) in [6.45, 7) is 16.7. The van der Waals surface area contributed by atoms with Crippen LogP contribution in [0.4, 0.5) is 0 Å². The van der Waals surface area contributed by atoms with Crippen molar-refractivity contribution >= 4 is 122 Å². The van der Waals surface area contributed by atoms with Crippen molar-refractivity contribution in [3.05, 3.63) is 86.6 Å². The third kappa shape index (κ3) is 43.9. The molecule has 0 radical (unpaired) electrons. The van der Waals surface area contributed by atoms with Crippen LogP contribution in [0.1, 0.15) is 25.0 Å². The minimum atomic E-state index is -0.278. The number of aliphatic hydroxyl groups excluding tert-OH is 1. The number of methoxy groups -OCH3 is 1. The molecule has 2 aromatic rings. The Bertz CT molecular complexity index is 730. The molecule has 0 amide bonds. The molecular formula is C32H59I6N4O2V2-2. The van der Waals surface area contributed by atoms with Crippen LogP contribution in [0, 0.1) is 14.9 Å². The van der Waals surface area contributed by atoms with Crippen molar-refractivity contribution in [3.63, 3.8) is 0 Å². The molecule has 2 aromatic carbocycles. The fourth-order valence-corrected chi connectivity index (χ4v) is 3.70. The zero-order chi connectivity index (χ0) is 34.0. The number of piperazine rings is 2. The van der Waals surface area contributed by atoms with Gasteiger partial charge in [-0.05, 0) is 36.6 Å². The molecule has 2 saturated heterocycles. The Morgan fingerprint density at radius 1 is 0.674 bits per heavy atom. The number of benzene rings is 2. The Morgan fingerprint density at radius 2 is 0.891 bits per heavy atom. The molecule has 0 saturated carbocycles. The second kappa shape index (κ2) is 46.8. The Kier molecular flexibility index (Phi) is 60.0. The molecular weight excluding hydrogens is 1340 g/mol. The van der Waals surface area contributed by atoms with Gasteiger partial charge in [-0.3, -0.25) is 9.80 Å². The summed E-state index contributed by atoms with van der Waals surface area (Å²) < 4.78 is 5.76. The van der Waals surface area contributed by atoms with E-state index in [1.165, 1.54) is 67.9 Å². The first kappa shape index (κ1) is 59.0. The van der Waals surface area contributed by atoms with Gasteiger partial charge >= 0.3 is 114 Å². The molecule has 0 atom stereocenters. The summed E-state index contributed by atoms with van der Waals surface area (Å²) in [7, 11) is 7.70. The average molecular weight is 1400 g/mol. The summed E-state index contributed by atoms with van der Waals surface area (Å²) in [4.78, 5) is 9.55. The molecule has 0 aliphatic carbocycles. The quantitative estimate of drug-likeness (QED) is 0.183. The number of nitrogens with zero attached hydrogens (tertiary/aromatic N) is 4. The van der Waals surface area contributed by atoms with E-state index in [9.17, 15) is 0 Å². The first-order valence-corrected chi connectivity index (χ1v) is 38.3. The molecule has 4 rings (SSSR count). The van der Waals surface area contributed by atoms with Crippen molar-refractivity contribution in [1.29, 1.82) is 0 Å². The molecule has 2 aliphatic rings. The summed E-state index contributed by atoms with van der Waals surface area (Å²) >= 11 is 14.4. The summed E-state index contributed by atoms with van der Waals surface area (Å²) in [5.74, 6) is 0. The van der Waals surface area contributed by atoms with Crippen molar-refractivity contribution < 1.29 is 24.2 Å². The van der Waals surface area contributed by atoms with Gasteiger partial charge in [-0.1, -0.05) is 90.2 Å². The summed E-state index contributed by atoms with van der Waals surface area (Å²) in [5.41, 5.74) is 2.86. The van der Waals surface area contributed by atoms with Crippen LogP contribution in [-0.4, -0.2) is 116 Å². The van der Waals surface area contributed by atoms with E-state index in [0.717, 1.165) is 26.8 Å². The van der Waals surface area contributed by atoms with Gasteiger partial charge in [0, 0.05) is 86.3 Å². The molecule has 0 aromatic heterocycles. The van der Waals surface area contributed by atoms with E-state index in [4.69, 9.17) is 5.11 Å². The number of likely N-dealkylation sites (N-methyl/N-ethyl adjacent to an activating group) is 2. The number of ether oxygens (including phenoxy) is 1. The molecule has 0 unspecified atom stereocenters. The zero-order valence-corrected chi connectivity index (χ0v) is 44.8. The van der Waals surface area contributed by atoms with E-state index < -0.39 is 0 Å². The van der Waals surface area contributed by atoms with Crippen molar-refractivity contribution in [2.75, 3.05) is 91.7 Å². The maximum absolute atomic E-state index is 7.00. The monoisotopic (exact) mass is 1390 g/mol. The molecule has 1 N–H and O–H groups in total. The first-order valence-electron chi connectivity index (χ1n) is 14.3. The first-order chi connectivity index (χ1) is 21.2. The van der Waals surface area contributed by atoms with E-state index in [1.807, 2.05) is 6.92 Å². The van der Waals surface area contributed by atoms with Gasteiger partial charge in [-0.15, -0.1) is 0 Å². The van der Waals surface area contributed by atoms with Gasteiger partial charge in [-0.25, -0.2) is 0 Å². The van der Waals surface area contributed by atoms with Gasteiger partial charge in [0.2, 0.25) is 0 Å². The number of halogens is 6. The molecule has 2 aliphatic heterocycles. The predicted octanol–water partition coefficient (Wildman–Crippen LogP) is 9.89. The third-order valence-electron chi connectivity index (χ3n) is 5.98. The van der Waals surface area contributed by atoms with Crippen molar-refractivity contribution in [1.82, 2.24) is 19.6 Å². The molecule has 46 heavy (non-hydrogen) atoms. The number of aliphatic hydroxyl groups is 1. The van der Waals surface area contributed by atoms with Crippen molar-refractivity contribution in [2.24, 2.45) is 0 Å². The topological polar surface area (TPSA) is 42.4 Å².